The molecule has 14 heavy (non-hydrogen) atoms. The Hall–Kier alpha value is -0.820. The Morgan fingerprint density at radius 2 is 2.21 bits per heavy atom. The standard InChI is InChI=1S/C13H19N/c1-10(14)13-4-2-3-12(9-13)8-7-11-5-6-11/h2-4,9-11H,5-8,14H2,1H3. The monoisotopic (exact) mass is 189 g/mol. The minimum Gasteiger partial charge on any atom is -0.324 e. The predicted octanol–water partition coefficient (Wildman–Crippen LogP) is 3.05. The lowest BCUT2D eigenvalue weighted by Gasteiger charge is -2.07. The fourth-order valence-corrected chi connectivity index (χ4v) is 1.81. The molecule has 2 rings (SSSR count). The molecule has 0 spiro atoms. The zero-order valence-corrected chi connectivity index (χ0v) is 8.87. The summed E-state index contributed by atoms with van der Waals surface area (Å²) in [5, 5.41) is 0. The van der Waals surface area contributed by atoms with Crippen LogP contribution in [0.1, 0.15) is 43.4 Å². The van der Waals surface area contributed by atoms with E-state index in [9.17, 15) is 0 Å². The number of nitrogens with two attached hydrogens (primary N) is 1. The predicted molar refractivity (Wildman–Crippen MR) is 60.1 cm³/mol. The van der Waals surface area contributed by atoms with E-state index in [-0.39, 0.29) is 6.04 Å². The van der Waals surface area contributed by atoms with E-state index in [0.29, 0.717) is 0 Å². The molecule has 1 unspecified atom stereocenters. The zero-order valence-electron chi connectivity index (χ0n) is 8.87. The summed E-state index contributed by atoms with van der Waals surface area (Å²) in [6.45, 7) is 2.04. The molecule has 1 aromatic carbocycles. The SMILES string of the molecule is CC(N)c1cccc(CCC2CC2)c1. The van der Waals surface area contributed by atoms with Gasteiger partial charge in [-0.1, -0.05) is 37.1 Å². The lowest BCUT2D eigenvalue weighted by atomic mass is 10.0. The molecule has 2 N–H and O–H groups in total. The van der Waals surface area contributed by atoms with Gasteiger partial charge in [-0.3, -0.25) is 0 Å². The molecule has 0 radical (unpaired) electrons. The second kappa shape index (κ2) is 4.14. The molecule has 76 valence electrons. The molecule has 1 atom stereocenters. The summed E-state index contributed by atoms with van der Waals surface area (Å²) < 4.78 is 0. The van der Waals surface area contributed by atoms with Crippen molar-refractivity contribution in [1.82, 2.24) is 0 Å². The van der Waals surface area contributed by atoms with Crippen molar-refractivity contribution in [2.45, 2.75) is 38.6 Å². The molecule has 1 aliphatic carbocycles. The Morgan fingerprint density at radius 1 is 1.43 bits per heavy atom. The molecule has 0 aliphatic heterocycles. The minimum absolute atomic E-state index is 0.163. The van der Waals surface area contributed by atoms with Gasteiger partial charge in [0.1, 0.15) is 0 Å². The molecule has 1 saturated carbocycles. The molecule has 0 heterocycles. The zero-order chi connectivity index (χ0) is 9.97. The maximum Gasteiger partial charge on any atom is 0.0266 e. The van der Waals surface area contributed by atoms with Crippen LogP contribution < -0.4 is 5.73 Å². The Labute approximate surface area is 86.3 Å². The quantitative estimate of drug-likeness (QED) is 0.774. The number of hydrogen-bond acceptors (Lipinski definition) is 1. The summed E-state index contributed by atoms with van der Waals surface area (Å²) in [6.07, 6.45) is 5.49. The van der Waals surface area contributed by atoms with Crippen LogP contribution in [0.15, 0.2) is 24.3 Å². The fraction of sp³-hybridized carbons (Fsp3) is 0.538. The minimum atomic E-state index is 0.163. The number of rotatable bonds is 4. The van der Waals surface area contributed by atoms with Gasteiger partial charge in [-0.25, -0.2) is 0 Å². The normalized spacial score (nSPS) is 18.1. The Kier molecular flexibility index (Phi) is 2.87. The van der Waals surface area contributed by atoms with E-state index in [1.807, 2.05) is 6.92 Å². The van der Waals surface area contributed by atoms with Crippen LogP contribution >= 0.6 is 0 Å². The molecule has 0 amide bonds. The highest BCUT2D eigenvalue weighted by atomic mass is 14.6. The molecule has 1 fully saturated rings. The Bertz CT molecular complexity index is 300. The lowest BCUT2D eigenvalue weighted by Crippen LogP contribution is -2.05. The van der Waals surface area contributed by atoms with Crippen molar-refractivity contribution in [3.63, 3.8) is 0 Å². The first-order valence-electron chi connectivity index (χ1n) is 5.60. The topological polar surface area (TPSA) is 26.0 Å². The van der Waals surface area contributed by atoms with Crippen molar-refractivity contribution >= 4 is 0 Å². The van der Waals surface area contributed by atoms with Crippen LogP contribution in [0.3, 0.4) is 0 Å². The van der Waals surface area contributed by atoms with Gasteiger partial charge in [0, 0.05) is 6.04 Å². The van der Waals surface area contributed by atoms with Crippen molar-refractivity contribution in [3.05, 3.63) is 35.4 Å². The van der Waals surface area contributed by atoms with E-state index in [1.165, 1.54) is 36.8 Å². The van der Waals surface area contributed by atoms with Gasteiger partial charge in [0.2, 0.25) is 0 Å². The summed E-state index contributed by atoms with van der Waals surface area (Å²) in [6, 6.07) is 8.88. The van der Waals surface area contributed by atoms with Crippen LogP contribution in [-0.4, -0.2) is 0 Å². The Morgan fingerprint density at radius 3 is 2.86 bits per heavy atom. The molecule has 0 saturated heterocycles. The first-order valence-corrected chi connectivity index (χ1v) is 5.60. The number of aryl methyl sites for hydroxylation is 1. The van der Waals surface area contributed by atoms with Gasteiger partial charge in [-0.2, -0.15) is 0 Å². The van der Waals surface area contributed by atoms with Gasteiger partial charge < -0.3 is 5.73 Å². The van der Waals surface area contributed by atoms with Crippen LogP contribution in [0.2, 0.25) is 0 Å². The van der Waals surface area contributed by atoms with Gasteiger partial charge >= 0.3 is 0 Å². The van der Waals surface area contributed by atoms with E-state index in [0.717, 1.165) is 5.92 Å². The molecule has 1 nitrogen and oxygen atoms in total. The van der Waals surface area contributed by atoms with Gasteiger partial charge in [0.15, 0.2) is 0 Å². The largest absolute Gasteiger partial charge is 0.324 e. The van der Waals surface area contributed by atoms with E-state index in [4.69, 9.17) is 5.73 Å². The third kappa shape index (κ3) is 2.58. The van der Waals surface area contributed by atoms with Crippen LogP contribution in [0, 0.1) is 5.92 Å². The average Bonchev–Trinajstić information content (AvgIpc) is 2.99. The summed E-state index contributed by atoms with van der Waals surface area (Å²) in [5.74, 6) is 1.02. The summed E-state index contributed by atoms with van der Waals surface area (Å²) in [4.78, 5) is 0. The van der Waals surface area contributed by atoms with Crippen LogP contribution in [0.25, 0.3) is 0 Å². The molecular formula is C13H19N. The van der Waals surface area contributed by atoms with Gasteiger partial charge in [-0.05, 0) is 36.8 Å². The molecule has 0 aromatic heterocycles. The first-order chi connectivity index (χ1) is 6.75. The molecule has 0 bridgehead atoms. The highest BCUT2D eigenvalue weighted by Crippen LogP contribution is 2.33. The lowest BCUT2D eigenvalue weighted by molar-refractivity contribution is 0.724. The highest BCUT2D eigenvalue weighted by Gasteiger charge is 2.20. The summed E-state index contributed by atoms with van der Waals surface area (Å²) in [5.41, 5.74) is 8.56. The van der Waals surface area contributed by atoms with Crippen LogP contribution in [0.5, 0.6) is 0 Å². The van der Waals surface area contributed by atoms with Crippen molar-refractivity contribution in [2.75, 3.05) is 0 Å². The summed E-state index contributed by atoms with van der Waals surface area (Å²) >= 11 is 0. The van der Waals surface area contributed by atoms with E-state index in [2.05, 4.69) is 24.3 Å². The maximum atomic E-state index is 5.85. The third-order valence-corrected chi connectivity index (χ3v) is 3.02. The van der Waals surface area contributed by atoms with E-state index < -0.39 is 0 Å². The van der Waals surface area contributed by atoms with Gasteiger partial charge in [0.25, 0.3) is 0 Å². The van der Waals surface area contributed by atoms with Gasteiger partial charge in [-0.15, -0.1) is 0 Å². The van der Waals surface area contributed by atoms with E-state index >= 15 is 0 Å². The van der Waals surface area contributed by atoms with Crippen molar-refractivity contribution < 1.29 is 0 Å². The molecular weight excluding hydrogens is 170 g/mol. The second-order valence-corrected chi connectivity index (χ2v) is 4.52. The highest BCUT2D eigenvalue weighted by molar-refractivity contribution is 5.25. The summed E-state index contributed by atoms with van der Waals surface area (Å²) in [7, 11) is 0. The van der Waals surface area contributed by atoms with Crippen molar-refractivity contribution in [1.29, 1.82) is 0 Å². The fourth-order valence-electron chi connectivity index (χ4n) is 1.81. The number of hydrogen-bond donors (Lipinski definition) is 1. The van der Waals surface area contributed by atoms with Gasteiger partial charge in [0.05, 0.1) is 0 Å². The number of benzene rings is 1. The molecule has 1 heteroatoms. The van der Waals surface area contributed by atoms with Crippen molar-refractivity contribution in [3.8, 4) is 0 Å². The molecule has 1 aromatic rings. The third-order valence-electron chi connectivity index (χ3n) is 3.02. The smallest absolute Gasteiger partial charge is 0.0266 e. The van der Waals surface area contributed by atoms with Crippen LogP contribution in [-0.2, 0) is 6.42 Å². The Balaban J connectivity index is 1.97. The van der Waals surface area contributed by atoms with Crippen LogP contribution in [0.4, 0.5) is 0 Å². The average molecular weight is 189 g/mol. The van der Waals surface area contributed by atoms with E-state index in [1.54, 1.807) is 0 Å². The first kappa shape index (κ1) is 9.72. The van der Waals surface area contributed by atoms with Crippen molar-refractivity contribution in [2.24, 2.45) is 11.7 Å². The maximum absolute atomic E-state index is 5.85. The second-order valence-electron chi connectivity index (χ2n) is 4.52. The molecule has 1 aliphatic rings.